The predicted molar refractivity (Wildman–Crippen MR) is 132 cm³/mol. The van der Waals surface area contributed by atoms with Crippen molar-refractivity contribution in [2.24, 2.45) is 0 Å². The number of anilines is 2. The van der Waals surface area contributed by atoms with Gasteiger partial charge in [0.15, 0.2) is 0 Å². The molecule has 0 unspecified atom stereocenters. The second-order valence-corrected chi connectivity index (χ2v) is 10.9. The van der Waals surface area contributed by atoms with Crippen LogP contribution in [0.5, 0.6) is 0 Å². The summed E-state index contributed by atoms with van der Waals surface area (Å²) in [5.74, 6) is -0.697. The van der Waals surface area contributed by atoms with E-state index in [0.717, 1.165) is 24.2 Å². The van der Waals surface area contributed by atoms with E-state index in [0.29, 0.717) is 35.7 Å². The molecule has 1 aromatic heterocycles. The van der Waals surface area contributed by atoms with Crippen LogP contribution in [0.2, 0.25) is 0 Å². The van der Waals surface area contributed by atoms with Gasteiger partial charge in [0.2, 0.25) is 0 Å². The van der Waals surface area contributed by atoms with E-state index < -0.39 is 15.9 Å². The number of hydrogen-bond donors (Lipinski definition) is 2. The van der Waals surface area contributed by atoms with Gasteiger partial charge in [0.25, 0.3) is 21.8 Å². The van der Waals surface area contributed by atoms with Crippen molar-refractivity contribution in [3.8, 4) is 0 Å². The predicted octanol–water partition coefficient (Wildman–Crippen LogP) is 3.73. The van der Waals surface area contributed by atoms with Crippen molar-refractivity contribution in [1.82, 2.24) is 5.32 Å². The van der Waals surface area contributed by atoms with Crippen LogP contribution in [0, 0.1) is 0 Å². The van der Waals surface area contributed by atoms with Crippen molar-refractivity contribution in [2.75, 3.05) is 29.8 Å². The first kappa shape index (κ1) is 23.9. The lowest BCUT2D eigenvalue weighted by Crippen LogP contribution is -2.32. The summed E-state index contributed by atoms with van der Waals surface area (Å²) in [6.45, 7) is 1.13. The van der Waals surface area contributed by atoms with Gasteiger partial charge < -0.3 is 15.4 Å². The number of carbonyl (C=O) groups is 2. The molecule has 0 aliphatic carbocycles. The van der Waals surface area contributed by atoms with Crippen molar-refractivity contribution >= 4 is 44.5 Å². The normalized spacial score (nSPS) is 15.6. The van der Waals surface area contributed by atoms with Gasteiger partial charge >= 0.3 is 0 Å². The summed E-state index contributed by atoms with van der Waals surface area (Å²) in [5.41, 5.74) is 1.50. The molecular weight excluding hydrogens is 474 g/mol. The Hall–Kier alpha value is -3.21. The number of sulfonamides is 1. The van der Waals surface area contributed by atoms with Crippen LogP contribution in [0.1, 0.15) is 33.6 Å². The molecule has 0 spiro atoms. The van der Waals surface area contributed by atoms with Gasteiger partial charge in [-0.05, 0) is 60.7 Å². The summed E-state index contributed by atoms with van der Waals surface area (Å²) in [5, 5.41) is 7.34. The summed E-state index contributed by atoms with van der Waals surface area (Å²) in [6.07, 6.45) is 1.92. The maximum Gasteiger partial charge on any atom is 0.273 e. The van der Waals surface area contributed by atoms with Gasteiger partial charge in [-0.25, -0.2) is 8.42 Å². The van der Waals surface area contributed by atoms with Crippen molar-refractivity contribution < 1.29 is 22.7 Å². The first-order valence-electron chi connectivity index (χ1n) is 10.8. The number of ether oxygens (including phenoxy) is 1. The maximum atomic E-state index is 12.8. The van der Waals surface area contributed by atoms with Crippen LogP contribution in [-0.2, 0) is 14.8 Å². The van der Waals surface area contributed by atoms with Crippen LogP contribution in [0.4, 0.5) is 11.4 Å². The number of rotatable bonds is 8. The zero-order chi connectivity index (χ0) is 24.1. The Morgan fingerprint density at radius 1 is 1.06 bits per heavy atom. The highest BCUT2D eigenvalue weighted by Crippen LogP contribution is 2.25. The zero-order valence-electron chi connectivity index (χ0n) is 18.6. The van der Waals surface area contributed by atoms with E-state index in [9.17, 15) is 18.0 Å². The Balaban J connectivity index is 1.43. The lowest BCUT2D eigenvalue weighted by atomic mass is 10.1. The third kappa shape index (κ3) is 5.30. The van der Waals surface area contributed by atoms with Crippen molar-refractivity contribution in [2.45, 2.75) is 23.2 Å². The molecule has 0 radical (unpaired) electrons. The van der Waals surface area contributed by atoms with Gasteiger partial charge in [0.05, 0.1) is 23.0 Å². The second-order valence-electron chi connectivity index (χ2n) is 7.80. The van der Waals surface area contributed by atoms with Crippen LogP contribution in [0.25, 0.3) is 0 Å². The van der Waals surface area contributed by atoms with Gasteiger partial charge in [-0.2, -0.15) is 0 Å². The number of hydrogen-bond acceptors (Lipinski definition) is 6. The molecule has 2 aromatic carbocycles. The molecular formula is C24H25N3O5S2. The van der Waals surface area contributed by atoms with E-state index in [1.54, 1.807) is 66.0 Å². The lowest BCUT2D eigenvalue weighted by molar-refractivity contribution is 0.0858. The first-order chi connectivity index (χ1) is 16.4. The van der Waals surface area contributed by atoms with E-state index in [1.807, 2.05) is 0 Å². The van der Waals surface area contributed by atoms with Crippen LogP contribution in [0.3, 0.4) is 0 Å². The number of benzene rings is 2. The van der Waals surface area contributed by atoms with Crippen LogP contribution in [0.15, 0.2) is 70.3 Å². The standard InChI is InChI=1S/C24H25N3O5S2/c1-27(34(30,31)22-9-5-15-33-22)18-12-10-17(11-13-18)23(28)26-21-8-3-2-7-20(21)24(29)25-16-19-6-4-14-32-19/h2-3,5,7-13,15,19H,4,6,14,16H2,1H3,(H,25,29)(H,26,28)/t19-/m1/s1. The fourth-order valence-electron chi connectivity index (χ4n) is 3.60. The summed E-state index contributed by atoms with van der Waals surface area (Å²) in [6, 6.07) is 16.2. The van der Waals surface area contributed by atoms with E-state index in [2.05, 4.69) is 10.6 Å². The smallest absolute Gasteiger partial charge is 0.273 e. The fourth-order valence-corrected chi connectivity index (χ4v) is 5.95. The molecule has 10 heteroatoms. The quantitative estimate of drug-likeness (QED) is 0.491. The zero-order valence-corrected chi connectivity index (χ0v) is 20.2. The van der Waals surface area contributed by atoms with Crippen LogP contribution in [-0.4, -0.2) is 46.5 Å². The topological polar surface area (TPSA) is 105 Å². The monoisotopic (exact) mass is 499 g/mol. The first-order valence-corrected chi connectivity index (χ1v) is 13.1. The molecule has 1 aliphatic rings. The van der Waals surface area contributed by atoms with Crippen LogP contribution >= 0.6 is 11.3 Å². The minimum atomic E-state index is -3.66. The van der Waals surface area contributed by atoms with E-state index in [1.165, 1.54) is 11.4 Å². The van der Waals surface area contributed by atoms with Crippen molar-refractivity contribution in [3.63, 3.8) is 0 Å². The van der Waals surface area contributed by atoms with E-state index >= 15 is 0 Å². The molecule has 8 nitrogen and oxygen atoms in total. The molecule has 2 heterocycles. The van der Waals surface area contributed by atoms with Crippen LogP contribution < -0.4 is 14.9 Å². The summed E-state index contributed by atoms with van der Waals surface area (Å²) < 4.78 is 32.4. The molecule has 34 heavy (non-hydrogen) atoms. The molecule has 1 aliphatic heterocycles. The number of para-hydroxylation sites is 1. The number of nitrogens with one attached hydrogen (secondary N) is 2. The summed E-state index contributed by atoms with van der Waals surface area (Å²) in [7, 11) is -2.19. The lowest BCUT2D eigenvalue weighted by Gasteiger charge is -2.18. The Labute approximate surface area is 202 Å². The molecule has 3 aromatic rings. The molecule has 1 fully saturated rings. The highest BCUT2D eigenvalue weighted by Gasteiger charge is 2.23. The molecule has 1 saturated heterocycles. The third-order valence-corrected chi connectivity index (χ3v) is 8.70. The Morgan fingerprint density at radius 3 is 2.50 bits per heavy atom. The van der Waals surface area contributed by atoms with Gasteiger partial charge in [-0.15, -0.1) is 11.3 Å². The average Bonchev–Trinajstić information content (AvgIpc) is 3.57. The highest BCUT2D eigenvalue weighted by atomic mass is 32.2. The summed E-state index contributed by atoms with van der Waals surface area (Å²) in [4.78, 5) is 25.5. The average molecular weight is 500 g/mol. The number of carbonyl (C=O) groups excluding carboxylic acids is 2. The number of thiophene rings is 1. The van der Waals surface area contributed by atoms with E-state index in [4.69, 9.17) is 4.74 Å². The Kier molecular flexibility index (Phi) is 7.30. The highest BCUT2D eigenvalue weighted by molar-refractivity contribution is 7.94. The molecule has 1 atom stereocenters. The molecule has 178 valence electrons. The number of nitrogens with zero attached hydrogens (tertiary/aromatic N) is 1. The SMILES string of the molecule is CN(c1ccc(C(=O)Nc2ccccc2C(=O)NC[C@H]2CCCO2)cc1)S(=O)(=O)c1cccs1. The van der Waals surface area contributed by atoms with Crippen molar-refractivity contribution in [3.05, 3.63) is 77.2 Å². The Morgan fingerprint density at radius 2 is 1.82 bits per heavy atom. The summed E-state index contributed by atoms with van der Waals surface area (Å²) >= 11 is 1.14. The largest absolute Gasteiger partial charge is 0.376 e. The molecule has 0 saturated carbocycles. The number of amides is 2. The van der Waals surface area contributed by atoms with E-state index in [-0.39, 0.29) is 16.2 Å². The van der Waals surface area contributed by atoms with Gasteiger partial charge in [-0.3, -0.25) is 13.9 Å². The minimum Gasteiger partial charge on any atom is -0.376 e. The second kappa shape index (κ2) is 10.4. The third-order valence-electron chi connectivity index (χ3n) is 5.54. The minimum absolute atomic E-state index is 0.0194. The Bertz CT molecular complexity index is 1250. The van der Waals surface area contributed by atoms with Gasteiger partial charge in [-0.1, -0.05) is 18.2 Å². The molecule has 0 bridgehead atoms. The molecule has 2 amide bonds. The van der Waals surface area contributed by atoms with Crippen molar-refractivity contribution in [1.29, 1.82) is 0 Å². The van der Waals surface area contributed by atoms with Gasteiger partial charge in [0, 0.05) is 25.8 Å². The fraction of sp³-hybridized carbons (Fsp3) is 0.250. The van der Waals surface area contributed by atoms with Gasteiger partial charge in [0.1, 0.15) is 4.21 Å². The maximum absolute atomic E-state index is 12.8. The molecule has 4 rings (SSSR count). The molecule has 2 N–H and O–H groups in total.